The molecule has 136 valence electrons. The molecule has 3 N–H and O–H groups in total. The Labute approximate surface area is 157 Å². The van der Waals surface area contributed by atoms with Crippen molar-refractivity contribution in [3.63, 3.8) is 0 Å². The third-order valence-corrected chi connectivity index (χ3v) is 5.42. The molecule has 3 rings (SSSR count). The first-order valence-electron chi connectivity index (χ1n) is 8.00. The van der Waals surface area contributed by atoms with Crippen molar-refractivity contribution in [2.75, 3.05) is 26.7 Å². The van der Waals surface area contributed by atoms with Crippen LogP contribution in [0.15, 0.2) is 30.3 Å². The highest BCUT2D eigenvalue weighted by Crippen LogP contribution is 2.32. The quantitative estimate of drug-likeness (QED) is 0.743. The molecule has 0 aliphatic carbocycles. The molecule has 2 unspecified atom stereocenters. The number of nitrogens with one attached hydrogen (secondary N) is 2. The van der Waals surface area contributed by atoms with Crippen LogP contribution in [0.4, 0.5) is 0 Å². The smallest absolute Gasteiger partial charge is 0.261 e. The highest BCUT2D eigenvalue weighted by molar-refractivity contribution is 7.14. The normalized spacial score (nSPS) is 19.3. The lowest BCUT2D eigenvalue weighted by Crippen LogP contribution is -2.34. The number of thiophene rings is 1. The van der Waals surface area contributed by atoms with E-state index in [0.717, 1.165) is 28.3 Å². The first-order valence-corrected chi connectivity index (χ1v) is 8.82. The molecule has 25 heavy (non-hydrogen) atoms. The first kappa shape index (κ1) is 19.7. The number of aliphatic hydroxyl groups excluding tert-OH is 1. The van der Waals surface area contributed by atoms with Gasteiger partial charge in [-0.25, -0.2) is 0 Å². The molecular weight excluding hydrogens is 360 g/mol. The summed E-state index contributed by atoms with van der Waals surface area (Å²) in [6, 6.07) is 9.76. The minimum Gasteiger partial charge on any atom is -0.497 e. The number of halogens is 1. The van der Waals surface area contributed by atoms with E-state index in [9.17, 15) is 9.90 Å². The summed E-state index contributed by atoms with van der Waals surface area (Å²) >= 11 is 1.49. The molecule has 1 amide bonds. The van der Waals surface area contributed by atoms with Gasteiger partial charge in [-0.3, -0.25) is 4.79 Å². The standard InChI is InChI=1S/C18H22N2O3S.ClH/c1-11-15(12-3-5-14(23-2)6-4-12)7-17(24-11)18(22)20-9-13-8-19-10-16(13)21;/h3-7,13,16,19,21H,8-10H2,1-2H3,(H,20,22);1H. The number of ether oxygens (including phenoxy) is 1. The Morgan fingerprint density at radius 1 is 1.36 bits per heavy atom. The van der Waals surface area contributed by atoms with Gasteiger partial charge in [0.15, 0.2) is 0 Å². The van der Waals surface area contributed by atoms with Gasteiger partial charge in [-0.2, -0.15) is 0 Å². The van der Waals surface area contributed by atoms with Gasteiger partial charge in [-0.1, -0.05) is 12.1 Å². The molecule has 2 heterocycles. The molecule has 1 aliphatic rings. The van der Waals surface area contributed by atoms with E-state index in [1.807, 2.05) is 37.3 Å². The Balaban J connectivity index is 0.00000225. The van der Waals surface area contributed by atoms with Gasteiger partial charge >= 0.3 is 0 Å². The summed E-state index contributed by atoms with van der Waals surface area (Å²) in [5, 5.41) is 15.8. The monoisotopic (exact) mass is 382 g/mol. The third kappa shape index (κ3) is 4.52. The minimum atomic E-state index is -0.384. The number of aliphatic hydroxyl groups is 1. The number of hydrogen-bond donors (Lipinski definition) is 3. The van der Waals surface area contributed by atoms with Crippen molar-refractivity contribution in [2.45, 2.75) is 13.0 Å². The fourth-order valence-electron chi connectivity index (χ4n) is 2.89. The maximum absolute atomic E-state index is 12.4. The molecule has 5 nitrogen and oxygen atoms in total. The van der Waals surface area contributed by atoms with Crippen LogP contribution in [0.1, 0.15) is 14.5 Å². The van der Waals surface area contributed by atoms with E-state index in [0.29, 0.717) is 18.0 Å². The summed E-state index contributed by atoms with van der Waals surface area (Å²) in [5.74, 6) is 0.811. The third-order valence-electron chi connectivity index (χ3n) is 4.37. The molecule has 1 aromatic carbocycles. The fraction of sp³-hybridized carbons (Fsp3) is 0.389. The average molecular weight is 383 g/mol. The first-order chi connectivity index (χ1) is 11.6. The van der Waals surface area contributed by atoms with Crippen LogP contribution in [-0.2, 0) is 0 Å². The van der Waals surface area contributed by atoms with Crippen LogP contribution >= 0.6 is 23.7 Å². The number of benzene rings is 1. The molecule has 0 spiro atoms. The molecule has 0 bridgehead atoms. The Bertz CT molecular complexity index is 718. The molecule has 0 radical (unpaired) electrons. The van der Waals surface area contributed by atoms with E-state index < -0.39 is 0 Å². The summed E-state index contributed by atoms with van der Waals surface area (Å²) in [4.78, 5) is 14.2. The molecule has 1 aliphatic heterocycles. The van der Waals surface area contributed by atoms with Crippen molar-refractivity contribution in [3.05, 3.63) is 40.1 Å². The maximum atomic E-state index is 12.4. The van der Waals surface area contributed by atoms with Gasteiger partial charge in [-0.05, 0) is 36.2 Å². The van der Waals surface area contributed by atoms with Gasteiger partial charge in [0.1, 0.15) is 5.75 Å². The van der Waals surface area contributed by atoms with Gasteiger partial charge in [0.05, 0.1) is 18.1 Å². The lowest BCUT2D eigenvalue weighted by Gasteiger charge is -2.13. The lowest BCUT2D eigenvalue weighted by atomic mass is 10.1. The van der Waals surface area contributed by atoms with Crippen molar-refractivity contribution in [2.24, 2.45) is 5.92 Å². The van der Waals surface area contributed by atoms with E-state index in [2.05, 4.69) is 10.6 Å². The number of hydrogen-bond acceptors (Lipinski definition) is 5. The van der Waals surface area contributed by atoms with Crippen LogP contribution in [0, 0.1) is 12.8 Å². The molecule has 1 aromatic heterocycles. The largest absolute Gasteiger partial charge is 0.497 e. The Kier molecular flexibility index (Phi) is 6.84. The summed E-state index contributed by atoms with van der Waals surface area (Å²) in [6.07, 6.45) is -0.384. The predicted molar refractivity (Wildman–Crippen MR) is 103 cm³/mol. The van der Waals surface area contributed by atoms with E-state index in [-0.39, 0.29) is 30.3 Å². The van der Waals surface area contributed by atoms with Gasteiger partial charge < -0.3 is 20.5 Å². The van der Waals surface area contributed by atoms with Gasteiger partial charge in [0.25, 0.3) is 5.91 Å². The number of carbonyl (C=O) groups is 1. The molecule has 1 fully saturated rings. The SMILES string of the molecule is COc1ccc(-c2cc(C(=O)NCC3CNCC3O)sc2C)cc1.Cl. The molecule has 1 saturated heterocycles. The summed E-state index contributed by atoms with van der Waals surface area (Å²) in [7, 11) is 1.64. The van der Waals surface area contributed by atoms with E-state index in [1.54, 1.807) is 7.11 Å². The zero-order chi connectivity index (χ0) is 17.1. The predicted octanol–water partition coefficient (Wildman–Crippen LogP) is 2.46. The van der Waals surface area contributed by atoms with Crippen molar-refractivity contribution < 1.29 is 14.6 Å². The number of methoxy groups -OCH3 is 1. The molecular formula is C18H23ClN2O3S. The summed E-state index contributed by atoms with van der Waals surface area (Å²) in [5.41, 5.74) is 2.13. The van der Waals surface area contributed by atoms with E-state index >= 15 is 0 Å². The number of aryl methyl sites for hydroxylation is 1. The van der Waals surface area contributed by atoms with Gasteiger partial charge in [0.2, 0.25) is 0 Å². The topological polar surface area (TPSA) is 70.6 Å². The second kappa shape index (κ2) is 8.67. The Morgan fingerprint density at radius 3 is 2.68 bits per heavy atom. The minimum absolute atomic E-state index is 0. The zero-order valence-corrected chi connectivity index (χ0v) is 15.9. The highest BCUT2D eigenvalue weighted by atomic mass is 35.5. The Hall–Kier alpha value is -1.60. The zero-order valence-electron chi connectivity index (χ0n) is 14.2. The van der Waals surface area contributed by atoms with Crippen molar-refractivity contribution in [1.82, 2.24) is 10.6 Å². The van der Waals surface area contributed by atoms with E-state index in [1.165, 1.54) is 11.3 Å². The van der Waals surface area contributed by atoms with Crippen molar-refractivity contribution >= 4 is 29.7 Å². The number of rotatable bonds is 5. The maximum Gasteiger partial charge on any atom is 0.261 e. The van der Waals surface area contributed by atoms with Crippen LogP contribution in [0.3, 0.4) is 0 Å². The van der Waals surface area contributed by atoms with Crippen molar-refractivity contribution in [1.29, 1.82) is 0 Å². The Morgan fingerprint density at radius 2 is 2.08 bits per heavy atom. The van der Waals surface area contributed by atoms with Crippen LogP contribution in [0.25, 0.3) is 11.1 Å². The van der Waals surface area contributed by atoms with Crippen LogP contribution in [0.5, 0.6) is 5.75 Å². The number of β-amino-alcohol motifs (C(OH)–C–C–N with tert-alkyl or cyclic N) is 1. The number of carbonyl (C=O) groups excluding carboxylic acids is 1. The van der Waals surface area contributed by atoms with Gasteiger partial charge in [-0.15, -0.1) is 23.7 Å². The van der Waals surface area contributed by atoms with Crippen LogP contribution < -0.4 is 15.4 Å². The fourth-order valence-corrected chi connectivity index (χ4v) is 3.85. The number of amides is 1. The summed E-state index contributed by atoms with van der Waals surface area (Å²) in [6.45, 7) is 3.84. The lowest BCUT2D eigenvalue weighted by molar-refractivity contribution is 0.0931. The second-order valence-corrected chi connectivity index (χ2v) is 7.26. The highest BCUT2D eigenvalue weighted by Gasteiger charge is 2.25. The second-order valence-electron chi connectivity index (χ2n) is 6.00. The van der Waals surface area contributed by atoms with Crippen molar-refractivity contribution in [3.8, 4) is 16.9 Å². The average Bonchev–Trinajstić information content (AvgIpc) is 3.18. The van der Waals surface area contributed by atoms with Crippen LogP contribution in [0.2, 0.25) is 0 Å². The van der Waals surface area contributed by atoms with Crippen LogP contribution in [-0.4, -0.2) is 43.9 Å². The molecule has 7 heteroatoms. The summed E-state index contributed by atoms with van der Waals surface area (Å²) < 4.78 is 5.18. The van der Waals surface area contributed by atoms with E-state index in [4.69, 9.17) is 4.74 Å². The molecule has 0 saturated carbocycles. The molecule has 2 atom stereocenters. The van der Waals surface area contributed by atoms with Gasteiger partial charge in [0, 0.05) is 30.4 Å². The molecule has 2 aromatic rings.